The Hall–Kier alpha value is -5.33. The molecule has 0 bridgehead atoms. The van der Waals surface area contributed by atoms with Gasteiger partial charge in [0.1, 0.15) is 18.2 Å². The van der Waals surface area contributed by atoms with Crippen LogP contribution in [-0.4, -0.2) is 75.5 Å². The van der Waals surface area contributed by atoms with Gasteiger partial charge in [-0.25, -0.2) is 9.97 Å². The molecule has 1 atom stereocenters. The van der Waals surface area contributed by atoms with E-state index in [9.17, 15) is 9.59 Å². The van der Waals surface area contributed by atoms with Crippen LogP contribution in [0.4, 0.5) is 5.82 Å². The summed E-state index contributed by atoms with van der Waals surface area (Å²) in [5.41, 5.74) is 1.64. The van der Waals surface area contributed by atoms with Gasteiger partial charge in [0.2, 0.25) is 31.3 Å². The molecule has 0 spiro atoms. The largest absolute Gasteiger partial charge is 0.454 e. The number of amides is 2. The number of imidazole rings is 1. The van der Waals surface area contributed by atoms with Crippen molar-refractivity contribution < 1.29 is 28.5 Å². The summed E-state index contributed by atoms with van der Waals surface area (Å²) < 4.78 is 23.4. The summed E-state index contributed by atoms with van der Waals surface area (Å²) in [5, 5.41) is 3.01. The number of carbonyl (C=O) groups excluding carboxylic acids is 2. The number of rotatable bonds is 7. The average Bonchev–Trinajstić information content (AvgIpc) is 3.81. The minimum atomic E-state index is -0.749. The smallest absolute Gasteiger partial charge is 0.244 e. The molecule has 0 aliphatic carbocycles. The first kappa shape index (κ1) is 25.6. The number of hydrogen-bond donors (Lipinski definition) is 1. The van der Waals surface area contributed by atoms with E-state index >= 15 is 0 Å². The zero-order valence-corrected chi connectivity index (χ0v) is 22.5. The van der Waals surface area contributed by atoms with Gasteiger partial charge in [-0.05, 0) is 41.5 Å². The molecular weight excluding hydrogens is 542 g/mol. The summed E-state index contributed by atoms with van der Waals surface area (Å²) in [6.07, 6.45) is 6.84. The number of carbonyl (C=O) groups is 2. The number of hydrogen-bond acceptors (Lipinski definition) is 10. The van der Waals surface area contributed by atoms with E-state index in [4.69, 9.17) is 18.9 Å². The normalized spacial score (nSPS) is 16.9. The first-order valence-electron chi connectivity index (χ1n) is 13.5. The van der Waals surface area contributed by atoms with Gasteiger partial charge in [-0.2, -0.15) is 4.98 Å². The van der Waals surface area contributed by atoms with Crippen molar-refractivity contribution in [3.8, 4) is 28.9 Å². The lowest BCUT2D eigenvalue weighted by molar-refractivity contribution is -0.140. The number of aromatic nitrogens is 4. The third kappa shape index (κ3) is 5.11. The van der Waals surface area contributed by atoms with Crippen molar-refractivity contribution in [2.24, 2.45) is 0 Å². The quantitative estimate of drug-likeness (QED) is 0.351. The van der Waals surface area contributed by atoms with Gasteiger partial charge in [-0.3, -0.25) is 14.2 Å². The summed E-state index contributed by atoms with van der Waals surface area (Å²) >= 11 is 0. The molecule has 3 aliphatic rings. The second kappa shape index (κ2) is 10.9. The summed E-state index contributed by atoms with van der Waals surface area (Å²) in [5.74, 6) is 3.29. The van der Waals surface area contributed by atoms with Crippen molar-refractivity contribution in [2.75, 3.05) is 38.1 Å². The van der Waals surface area contributed by atoms with Crippen molar-refractivity contribution in [1.29, 1.82) is 0 Å². The molecular formula is C29H27N7O6. The highest BCUT2D eigenvalue weighted by molar-refractivity contribution is 5.89. The minimum absolute atomic E-state index is 0.126. The van der Waals surface area contributed by atoms with Gasteiger partial charge in [0.15, 0.2) is 23.0 Å². The molecule has 3 aliphatic heterocycles. The number of piperazine rings is 1. The van der Waals surface area contributed by atoms with Gasteiger partial charge in [0.25, 0.3) is 0 Å². The number of fused-ring (bicyclic) bond motifs is 2. The van der Waals surface area contributed by atoms with Crippen molar-refractivity contribution >= 4 is 17.6 Å². The van der Waals surface area contributed by atoms with Crippen LogP contribution in [0.1, 0.15) is 11.1 Å². The molecule has 5 heterocycles. The molecule has 0 radical (unpaired) electrons. The van der Waals surface area contributed by atoms with Crippen LogP contribution in [0.25, 0.3) is 5.95 Å². The Bertz CT molecular complexity index is 1630. The number of anilines is 1. The standard InChI is InChI=1S/C29H27N7O6/c37-27(13-19-1-3-22-24(11-19)41-17-39-22)36-10-9-34(26-5-6-31-29(33-26)35-8-7-30-16-35)15-21(36)28(38)32-14-20-2-4-23-25(12-20)42-18-40-23/h1-8,11-12,16,21H,9-10,13-15,17-18H2,(H,32,38). The van der Waals surface area contributed by atoms with E-state index in [1.165, 1.54) is 0 Å². The molecule has 1 fully saturated rings. The summed E-state index contributed by atoms with van der Waals surface area (Å²) in [6, 6.07) is 12.0. The Kier molecular flexibility index (Phi) is 6.66. The maximum absolute atomic E-state index is 13.7. The molecule has 214 valence electrons. The number of benzene rings is 2. The van der Waals surface area contributed by atoms with Crippen LogP contribution in [0, 0.1) is 0 Å². The van der Waals surface area contributed by atoms with E-state index in [-0.39, 0.29) is 44.9 Å². The van der Waals surface area contributed by atoms with Crippen LogP contribution in [0.5, 0.6) is 23.0 Å². The minimum Gasteiger partial charge on any atom is -0.454 e. The molecule has 13 heteroatoms. The highest BCUT2D eigenvalue weighted by Gasteiger charge is 2.36. The van der Waals surface area contributed by atoms with E-state index in [1.54, 1.807) is 46.5 Å². The SMILES string of the molecule is O=C(NCc1ccc2c(c1)OCO2)C1CN(c2ccnc(-n3ccnc3)n2)CCN1C(=O)Cc1ccc2c(c1)OCO2. The Morgan fingerprint density at radius 3 is 2.38 bits per heavy atom. The van der Waals surface area contributed by atoms with Gasteiger partial charge in [-0.1, -0.05) is 12.1 Å². The Morgan fingerprint density at radius 2 is 1.62 bits per heavy atom. The van der Waals surface area contributed by atoms with Crippen LogP contribution in [0.3, 0.4) is 0 Å². The zero-order valence-electron chi connectivity index (χ0n) is 22.5. The lowest BCUT2D eigenvalue weighted by Crippen LogP contribution is -2.61. The van der Waals surface area contributed by atoms with Gasteiger partial charge in [0, 0.05) is 44.8 Å². The predicted molar refractivity (Wildman–Crippen MR) is 148 cm³/mol. The fourth-order valence-electron chi connectivity index (χ4n) is 5.22. The molecule has 1 unspecified atom stereocenters. The molecule has 2 aromatic heterocycles. The predicted octanol–water partition coefficient (Wildman–Crippen LogP) is 1.70. The maximum Gasteiger partial charge on any atom is 0.244 e. The summed E-state index contributed by atoms with van der Waals surface area (Å²) in [4.78, 5) is 44.0. The van der Waals surface area contributed by atoms with E-state index in [1.807, 2.05) is 35.2 Å². The van der Waals surface area contributed by atoms with E-state index in [2.05, 4.69) is 20.3 Å². The Balaban J connectivity index is 1.10. The highest BCUT2D eigenvalue weighted by atomic mass is 16.7. The fraction of sp³-hybridized carbons (Fsp3) is 0.276. The van der Waals surface area contributed by atoms with Gasteiger partial charge in [-0.15, -0.1) is 0 Å². The monoisotopic (exact) mass is 569 g/mol. The molecule has 42 heavy (non-hydrogen) atoms. The Labute approximate surface area is 240 Å². The molecule has 0 saturated carbocycles. The van der Waals surface area contributed by atoms with Crippen molar-refractivity contribution in [3.63, 3.8) is 0 Å². The third-order valence-electron chi connectivity index (χ3n) is 7.39. The molecule has 4 aromatic rings. The second-order valence-electron chi connectivity index (χ2n) is 10.0. The summed E-state index contributed by atoms with van der Waals surface area (Å²) in [7, 11) is 0. The molecule has 1 saturated heterocycles. The number of nitrogens with zero attached hydrogens (tertiary/aromatic N) is 6. The van der Waals surface area contributed by atoms with Crippen LogP contribution in [0.2, 0.25) is 0 Å². The zero-order chi connectivity index (χ0) is 28.5. The first-order chi connectivity index (χ1) is 20.6. The first-order valence-corrected chi connectivity index (χ1v) is 13.5. The van der Waals surface area contributed by atoms with Crippen molar-refractivity contribution in [3.05, 3.63) is 78.5 Å². The van der Waals surface area contributed by atoms with Gasteiger partial charge in [0.05, 0.1) is 6.42 Å². The van der Waals surface area contributed by atoms with Crippen molar-refractivity contribution in [1.82, 2.24) is 29.7 Å². The van der Waals surface area contributed by atoms with Crippen LogP contribution in [-0.2, 0) is 22.6 Å². The van der Waals surface area contributed by atoms with E-state index < -0.39 is 6.04 Å². The Morgan fingerprint density at radius 1 is 0.881 bits per heavy atom. The second-order valence-corrected chi connectivity index (χ2v) is 10.0. The molecule has 2 aromatic carbocycles. The lowest BCUT2D eigenvalue weighted by atomic mass is 10.1. The number of nitrogens with one attached hydrogen (secondary N) is 1. The van der Waals surface area contributed by atoms with Crippen molar-refractivity contribution in [2.45, 2.75) is 19.0 Å². The topological polar surface area (TPSA) is 133 Å². The molecule has 1 N–H and O–H groups in total. The third-order valence-corrected chi connectivity index (χ3v) is 7.39. The lowest BCUT2D eigenvalue weighted by Gasteiger charge is -2.41. The average molecular weight is 570 g/mol. The molecule has 7 rings (SSSR count). The van der Waals surface area contributed by atoms with Gasteiger partial charge < -0.3 is 34.1 Å². The molecule has 2 amide bonds. The highest BCUT2D eigenvalue weighted by Crippen LogP contribution is 2.33. The number of ether oxygens (including phenoxy) is 4. The van der Waals surface area contributed by atoms with Crippen LogP contribution < -0.4 is 29.2 Å². The van der Waals surface area contributed by atoms with Gasteiger partial charge >= 0.3 is 0 Å². The van der Waals surface area contributed by atoms with Crippen LogP contribution >= 0.6 is 0 Å². The summed E-state index contributed by atoms with van der Waals surface area (Å²) in [6.45, 7) is 1.71. The van der Waals surface area contributed by atoms with E-state index in [0.717, 1.165) is 11.1 Å². The van der Waals surface area contributed by atoms with Crippen LogP contribution in [0.15, 0.2) is 67.4 Å². The molecule has 13 nitrogen and oxygen atoms in total. The van der Waals surface area contributed by atoms with E-state index in [0.29, 0.717) is 47.9 Å². The maximum atomic E-state index is 13.7. The fourth-order valence-corrected chi connectivity index (χ4v) is 5.22.